The van der Waals surface area contributed by atoms with Crippen molar-refractivity contribution in [3.63, 3.8) is 0 Å². The molecule has 1 saturated heterocycles. The molecule has 174 valence electrons. The van der Waals surface area contributed by atoms with Gasteiger partial charge >= 0.3 is 0 Å². The van der Waals surface area contributed by atoms with E-state index in [4.69, 9.17) is 5.26 Å². The number of benzene rings is 3. The van der Waals surface area contributed by atoms with Crippen LogP contribution in [-0.2, 0) is 16.1 Å². The molecule has 3 aromatic rings. The van der Waals surface area contributed by atoms with Crippen molar-refractivity contribution in [1.29, 1.82) is 5.26 Å². The summed E-state index contributed by atoms with van der Waals surface area (Å²) < 4.78 is 13.4. The summed E-state index contributed by atoms with van der Waals surface area (Å²) in [4.78, 5) is 52.3. The van der Waals surface area contributed by atoms with E-state index in [1.165, 1.54) is 66.7 Å². The third-order valence-corrected chi connectivity index (χ3v) is 5.58. The molecular weight excluding hydrogens is 455 g/mol. The topological polar surface area (TPSA) is 125 Å². The minimum absolute atomic E-state index is 0.0293. The summed E-state index contributed by atoms with van der Waals surface area (Å²) in [6.07, 6.45) is -0.305. The number of hydrogen-bond acceptors (Lipinski definition) is 6. The molecule has 1 fully saturated rings. The predicted octanol–water partition coefficient (Wildman–Crippen LogP) is 3.58. The fourth-order valence-corrected chi connectivity index (χ4v) is 3.84. The molecule has 1 aliphatic heterocycles. The smallest absolute Gasteiger partial charge is 0.270 e. The van der Waals surface area contributed by atoms with Crippen LogP contribution in [0.5, 0.6) is 0 Å². The number of nitro groups is 1. The van der Waals surface area contributed by atoms with Crippen LogP contribution < -0.4 is 4.90 Å². The Bertz CT molecular complexity index is 1370. The first-order chi connectivity index (χ1) is 16.8. The van der Waals surface area contributed by atoms with E-state index in [0.29, 0.717) is 11.1 Å². The third-order valence-electron chi connectivity index (χ3n) is 5.58. The van der Waals surface area contributed by atoms with Crippen molar-refractivity contribution in [3.8, 4) is 6.07 Å². The van der Waals surface area contributed by atoms with Gasteiger partial charge in [-0.3, -0.25) is 24.5 Å². The Balaban J connectivity index is 1.70. The second-order valence-corrected chi connectivity index (χ2v) is 7.81. The van der Waals surface area contributed by atoms with Crippen LogP contribution >= 0.6 is 0 Å². The Hall–Kier alpha value is -4.91. The molecule has 0 bridgehead atoms. The summed E-state index contributed by atoms with van der Waals surface area (Å²) in [6.45, 7) is -0.132. The number of imide groups is 1. The lowest BCUT2D eigenvalue weighted by Gasteiger charge is -2.28. The molecule has 0 radical (unpaired) electrons. The molecule has 9 nitrogen and oxygen atoms in total. The van der Waals surface area contributed by atoms with Gasteiger partial charge in [-0.1, -0.05) is 18.2 Å². The first kappa shape index (κ1) is 23.3. The number of nitrogens with zero attached hydrogens (tertiary/aromatic N) is 4. The molecule has 35 heavy (non-hydrogen) atoms. The van der Waals surface area contributed by atoms with E-state index < -0.39 is 34.5 Å². The number of hydrogen-bond donors (Lipinski definition) is 0. The number of halogens is 1. The highest BCUT2D eigenvalue weighted by molar-refractivity contribution is 6.23. The van der Waals surface area contributed by atoms with Crippen molar-refractivity contribution in [1.82, 2.24) is 4.90 Å². The van der Waals surface area contributed by atoms with Crippen LogP contribution in [0.2, 0.25) is 0 Å². The van der Waals surface area contributed by atoms with Gasteiger partial charge in [0.15, 0.2) is 0 Å². The molecule has 10 heteroatoms. The first-order valence-electron chi connectivity index (χ1n) is 10.5. The highest BCUT2D eigenvalue weighted by atomic mass is 19.1. The van der Waals surface area contributed by atoms with Crippen LogP contribution in [0.1, 0.15) is 27.9 Å². The number of nitro benzene ring substituents is 1. The molecule has 1 unspecified atom stereocenters. The monoisotopic (exact) mass is 472 g/mol. The number of anilines is 1. The zero-order valence-corrected chi connectivity index (χ0v) is 18.1. The molecule has 0 aromatic heterocycles. The predicted molar refractivity (Wildman–Crippen MR) is 121 cm³/mol. The molecular formula is C25H17FN4O5. The lowest BCUT2D eigenvalue weighted by molar-refractivity contribution is -0.384. The van der Waals surface area contributed by atoms with Gasteiger partial charge in [0.2, 0.25) is 5.91 Å². The zero-order chi connectivity index (χ0) is 25.1. The average molecular weight is 472 g/mol. The van der Waals surface area contributed by atoms with E-state index in [1.807, 2.05) is 6.07 Å². The van der Waals surface area contributed by atoms with E-state index in [0.717, 1.165) is 15.9 Å². The summed E-state index contributed by atoms with van der Waals surface area (Å²) in [6, 6.07) is 17.0. The summed E-state index contributed by atoms with van der Waals surface area (Å²) >= 11 is 0. The number of amides is 3. The Morgan fingerprint density at radius 3 is 2.43 bits per heavy atom. The van der Waals surface area contributed by atoms with Gasteiger partial charge < -0.3 is 4.90 Å². The van der Waals surface area contributed by atoms with E-state index in [9.17, 15) is 28.9 Å². The molecule has 3 amide bonds. The zero-order valence-electron chi connectivity index (χ0n) is 18.1. The molecule has 0 saturated carbocycles. The molecule has 4 rings (SSSR count). The number of rotatable bonds is 6. The van der Waals surface area contributed by atoms with Gasteiger partial charge in [0.05, 0.1) is 28.7 Å². The van der Waals surface area contributed by atoms with Crippen LogP contribution in [0.3, 0.4) is 0 Å². The van der Waals surface area contributed by atoms with Crippen LogP contribution in [-0.4, -0.2) is 33.6 Å². The molecule has 1 aliphatic rings. The number of non-ortho nitro benzene ring substituents is 1. The molecule has 0 aliphatic carbocycles. The number of carbonyl (C=O) groups excluding carboxylic acids is 3. The van der Waals surface area contributed by atoms with Gasteiger partial charge in [0.1, 0.15) is 11.9 Å². The molecule has 1 atom stereocenters. The summed E-state index contributed by atoms with van der Waals surface area (Å²) in [5, 5.41) is 20.2. The lowest BCUT2D eigenvalue weighted by atomic mass is 10.1. The average Bonchev–Trinajstić information content (AvgIpc) is 3.16. The van der Waals surface area contributed by atoms with Crippen LogP contribution in [0, 0.1) is 27.3 Å². The van der Waals surface area contributed by atoms with Gasteiger partial charge in [0.25, 0.3) is 17.5 Å². The van der Waals surface area contributed by atoms with Crippen molar-refractivity contribution in [2.75, 3.05) is 4.90 Å². The fraction of sp³-hybridized carbons (Fsp3) is 0.120. The summed E-state index contributed by atoms with van der Waals surface area (Å²) in [5.41, 5.74) is 0.778. The highest BCUT2D eigenvalue weighted by Crippen LogP contribution is 2.28. The van der Waals surface area contributed by atoms with E-state index in [2.05, 4.69) is 0 Å². The van der Waals surface area contributed by atoms with E-state index in [-0.39, 0.29) is 29.9 Å². The maximum absolute atomic E-state index is 13.5. The standard InChI is InChI=1S/C25H17FN4O5/c26-19-8-4-17(5-9-19)15-28(24(32)18-2-1-3-21(12-18)30(34)35)22-13-23(31)29(25(22)33)20-10-6-16(14-27)7-11-20/h1-12,22H,13,15H2. The Morgan fingerprint density at radius 1 is 1.11 bits per heavy atom. The van der Waals surface area contributed by atoms with Crippen molar-refractivity contribution < 1.29 is 23.7 Å². The van der Waals surface area contributed by atoms with Gasteiger partial charge in [-0.15, -0.1) is 0 Å². The van der Waals surface area contributed by atoms with Gasteiger partial charge in [0, 0.05) is 24.2 Å². The van der Waals surface area contributed by atoms with Gasteiger partial charge in [-0.05, 0) is 48.0 Å². The maximum Gasteiger partial charge on any atom is 0.270 e. The largest absolute Gasteiger partial charge is 0.322 e. The van der Waals surface area contributed by atoms with Crippen molar-refractivity contribution in [3.05, 3.63) is 105 Å². The fourth-order valence-electron chi connectivity index (χ4n) is 3.84. The van der Waals surface area contributed by atoms with Crippen molar-refractivity contribution in [2.45, 2.75) is 19.0 Å². The van der Waals surface area contributed by atoms with Crippen LogP contribution in [0.4, 0.5) is 15.8 Å². The minimum Gasteiger partial charge on any atom is -0.322 e. The normalized spacial score (nSPS) is 15.1. The van der Waals surface area contributed by atoms with Crippen LogP contribution in [0.25, 0.3) is 0 Å². The Morgan fingerprint density at radius 2 is 1.80 bits per heavy atom. The molecule has 1 heterocycles. The van der Waals surface area contributed by atoms with Crippen molar-refractivity contribution >= 4 is 29.1 Å². The van der Waals surface area contributed by atoms with E-state index in [1.54, 1.807) is 0 Å². The molecule has 3 aromatic carbocycles. The lowest BCUT2D eigenvalue weighted by Crippen LogP contribution is -2.45. The first-order valence-corrected chi connectivity index (χ1v) is 10.5. The molecule has 0 N–H and O–H groups in total. The second kappa shape index (κ2) is 9.52. The quantitative estimate of drug-likeness (QED) is 0.307. The van der Waals surface area contributed by atoms with Gasteiger partial charge in [-0.2, -0.15) is 5.26 Å². The number of carbonyl (C=O) groups is 3. The summed E-state index contributed by atoms with van der Waals surface area (Å²) in [7, 11) is 0. The highest BCUT2D eigenvalue weighted by Gasteiger charge is 2.44. The second-order valence-electron chi connectivity index (χ2n) is 7.81. The Kier molecular flexibility index (Phi) is 6.33. The third kappa shape index (κ3) is 4.74. The Labute approximate surface area is 198 Å². The minimum atomic E-state index is -1.19. The number of nitriles is 1. The van der Waals surface area contributed by atoms with Crippen LogP contribution in [0.15, 0.2) is 72.8 Å². The van der Waals surface area contributed by atoms with Crippen molar-refractivity contribution in [2.24, 2.45) is 0 Å². The SMILES string of the molecule is N#Cc1ccc(N2C(=O)CC(N(Cc3ccc(F)cc3)C(=O)c3cccc([N+](=O)[O-])c3)C2=O)cc1. The van der Waals surface area contributed by atoms with E-state index >= 15 is 0 Å². The molecule has 0 spiro atoms. The maximum atomic E-state index is 13.5. The summed E-state index contributed by atoms with van der Waals surface area (Å²) in [5.74, 6) is -2.36. The van der Waals surface area contributed by atoms with Gasteiger partial charge in [-0.25, -0.2) is 9.29 Å².